The Labute approximate surface area is 109 Å². The molecule has 0 heterocycles. The number of amides is 1. The average Bonchev–Trinajstić information content (AvgIpc) is 2.24. The summed E-state index contributed by atoms with van der Waals surface area (Å²) in [6, 6.07) is 3.86. The Morgan fingerprint density at radius 1 is 1.16 bits per heavy atom. The van der Waals surface area contributed by atoms with Gasteiger partial charge in [0.25, 0.3) is 5.91 Å². The fourth-order valence-electron chi connectivity index (χ4n) is 1.44. The van der Waals surface area contributed by atoms with E-state index in [1.54, 1.807) is 20.8 Å². The highest BCUT2D eigenvalue weighted by Gasteiger charge is 2.30. The van der Waals surface area contributed by atoms with Gasteiger partial charge in [0.1, 0.15) is 0 Å². The number of aliphatic hydroxyl groups is 1. The minimum Gasteiger partial charge on any atom is -0.378 e. The van der Waals surface area contributed by atoms with E-state index in [1.165, 1.54) is 0 Å². The summed E-state index contributed by atoms with van der Waals surface area (Å²) in [5, 5.41) is 12.3. The van der Waals surface area contributed by atoms with Crippen LogP contribution in [0.4, 0.5) is 13.2 Å². The van der Waals surface area contributed by atoms with Crippen molar-refractivity contribution in [1.82, 2.24) is 5.32 Å². The summed E-state index contributed by atoms with van der Waals surface area (Å²) in [6.45, 7) is 5.22. The normalized spacial score (nSPS) is 14.1. The van der Waals surface area contributed by atoms with Crippen molar-refractivity contribution in [2.24, 2.45) is 0 Å². The Hall–Kier alpha value is -1.56. The standard InChI is InChI=1S/C13H16F3NO2/c1-12(2,3)17-11(19)10(18)8-4-6-9(7-5-8)13(14,15)16/h4-7,10,18H,1-3H3,(H,17,19)/t10-/m0/s1. The molecule has 0 radical (unpaired) electrons. The smallest absolute Gasteiger partial charge is 0.378 e. The number of benzene rings is 1. The SMILES string of the molecule is CC(C)(C)NC(=O)[C@@H](O)c1ccc(C(F)(F)F)cc1. The van der Waals surface area contributed by atoms with Gasteiger partial charge in [0, 0.05) is 5.54 Å². The van der Waals surface area contributed by atoms with Crippen LogP contribution >= 0.6 is 0 Å². The van der Waals surface area contributed by atoms with E-state index in [1.807, 2.05) is 0 Å². The van der Waals surface area contributed by atoms with Gasteiger partial charge >= 0.3 is 6.18 Å². The lowest BCUT2D eigenvalue weighted by Crippen LogP contribution is -2.43. The van der Waals surface area contributed by atoms with Gasteiger partial charge in [-0.05, 0) is 38.5 Å². The molecule has 0 aromatic heterocycles. The largest absolute Gasteiger partial charge is 0.416 e. The van der Waals surface area contributed by atoms with E-state index >= 15 is 0 Å². The summed E-state index contributed by atoms with van der Waals surface area (Å²) in [5.74, 6) is -0.646. The third-order valence-electron chi connectivity index (χ3n) is 2.30. The average molecular weight is 275 g/mol. The second-order valence-electron chi connectivity index (χ2n) is 5.26. The monoisotopic (exact) mass is 275 g/mol. The van der Waals surface area contributed by atoms with E-state index in [4.69, 9.17) is 0 Å². The van der Waals surface area contributed by atoms with Gasteiger partial charge in [-0.15, -0.1) is 0 Å². The molecule has 0 bridgehead atoms. The maximum absolute atomic E-state index is 12.4. The van der Waals surface area contributed by atoms with Gasteiger partial charge in [0.05, 0.1) is 5.56 Å². The minimum absolute atomic E-state index is 0.120. The Morgan fingerprint density at radius 2 is 1.63 bits per heavy atom. The van der Waals surface area contributed by atoms with Crippen molar-refractivity contribution < 1.29 is 23.1 Å². The van der Waals surface area contributed by atoms with Crippen molar-refractivity contribution >= 4 is 5.91 Å². The maximum Gasteiger partial charge on any atom is 0.416 e. The number of nitrogens with one attached hydrogen (secondary N) is 1. The zero-order valence-corrected chi connectivity index (χ0v) is 10.9. The van der Waals surface area contributed by atoms with Gasteiger partial charge in [-0.1, -0.05) is 12.1 Å². The Morgan fingerprint density at radius 3 is 2.00 bits per heavy atom. The molecule has 106 valence electrons. The van der Waals surface area contributed by atoms with Gasteiger partial charge in [-0.2, -0.15) is 13.2 Å². The first-order valence-corrected chi connectivity index (χ1v) is 5.68. The lowest BCUT2D eigenvalue weighted by Gasteiger charge is -2.22. The van der Waals surface area contributed by atoms with Gasteiger partial charge in [-0.3, -0.25) is 4.79 Å². The van der Waals surface area contributed by atoms with E-state index in [9.17, 15) is 23.1 Å². The lowest BCUT2D eigenvalue weighted by molar-refractivity contribution is -0.137. The van der Waals surface area contributed by atoms with Crippen LogP contribution in [0.2, 0.25) is 0 Å². The fraction of sp³-hybridized carbons (Fsp3) is 0.462. The first kappa shape index (κ1) is 15.5. The van der Waals surface area contributed by atoms with E-state index in [-0.39, 0.29) is 5.56 Å². The molecule has 19 heavy (non-hydrogen) atoms. The predicted molar refractivity (Wildman–Crippen MR) is 64.3 cm³/mol. The van der Waals surface area contributed by atoms with Crippen LogP contribution in [0.15, 0.2) is 24.3 Å². The number of hydrogen-bond donors (Lipinski definition) is 2. The number of carbonyl (C=O) groups excluding carboxylic acids is 1. The molecule has 0 aliphatic heterocycles. The van der Waals surface area contributed by atoms with Crippen LogP contribution in [-0.2, 0) is 11.0 Å². The Bertz CT molecular complexity index is 446. The Kier molecular flexibility index (Phi) is 4.25. The zero-order chi connectivity index (χ0) is 14.8. The van der Waals surface area contributed by atoms with Crippen molar-refractivity contribution in [2.75, 3.05) is 0 Å². The molecule has 0 aliphatic carbocycles. The van der Waals surface area contributed by atoms with Crippen LogP contribution in [0.1, 0.15) is 38.0 Å². The molecule has 1 rings (SSSR count). The molecule has 2 N–H and O–H groups in total. The molecule has 0 unspecified atom stereocenters. The van der Waals surface area contributed by atoms with Crippen LogP contribution in [0.3, 0.4) is 0 Å². The number of alkyl halides is 3. The molecule has 0 fully saturated rings. The summed E-state index contributed by atoms with van der Waals surface area (Å²) in [5.41, 5.74) is -1.22. The fourth-order valence-corrected chi connectivity index (χ4v) is 1.44. The van der Waals surface area contributed by atoms with E-state index < -0.39 is 29.3 Å². The van der Waals surface area contributed by atoms with Crippen molar-refractivity contribution in [2.45, 2.75) is 38.6 Å². The molecule has 1 amide bonds. The van der Waals surface area contributed by atoms with Crippen LogP contribution in [-0.4, -0.2) is 16.6 Å². The molecule has 0 aliphatic rings. The number of aliphatic hydroxyl groups excluding tert-OH is 1. The highest BCUT2D eigenvalue weighted by atomic mass is 19.4. The first-order valence-electron chi connectivity index (χ1n) is 5.68. The minimum atomic E-state index is -4.43. The van der Waals surface area contributed by atoms with Crippen molar-refractivity contribution in [3.05, 3.63) is 35.4 Å². The lowest BCUT2D eigenvalue weighted by atomic mass is 10.0. The molecular formula is C13H16F3NO2. The number of hydrogen-bond acceptors (Lipinski definition) is 2. The zero-order valence-electron chi connectivity index (χ0n) is 10.9. The van der Waals surface area contributed by atoms with Crippen LogP contribution < -0.4 is 5.32 Å². The quantitative estimate of drug-likeness (QED) is 0.871. The Balaban J connectivity index is 2.84. The number of carbonyl (C=O) groups is 1. The molecule has 1 aromatic rings. The van der Waals surface area contributed by atoms with Gasteiger partial charge in [-0.25, -0.2) is 0 Å². The number of halogens is 3. The molecule has 3 nitrogen and oxygen atoms in total. The van der Waals surface area contributed by atoms with Gasteiger partial charge < -0.3 is 10.4 Å². The predicted octanol–water partition coefficient (Wildman–Crippen LogP) is 2.65. The molecule has 6 heteroatoms. The van der Waals surface area contributed by atoms with Crippen LogP contribution in [0.25, 0.3) is 0 Å². The summed E-state index contributed by atoms with van der Waals surface area (Å²) in [6.07, 6.45) is -5.92. The van der Waals surface area contributed by atoms with Crippen molar-refractivity contribution in [1.29, 1.82) is 0 Å². The van der Waals surface area contributed by atoms with Crippen molar-refractivity contribution in [3.63, 3.8) is 0 Å². The van der Waals surface area contributed by atoms with Crippen LogP contribution in [0, 0.1) is 0 Å². The van der Waals surface area contributed by atoms with Crippen LogP contribution in [0.5, 0.6) is 0 Å². The molecule has 0 saturated heterocycles. The molecular weight excluding hydrogens is 259 g/mol. The summed E-state index contributed by atoms with van der Waals surface area (Å²) >= 11 is 0. The molecule has 0 saturated carbocycles. The van der Waals surface area contributed by atoms with E-state index in [0.717, 1.165) is 24.3 Å². The van der Waals surface area contributed by atoms with E-state index in [2.05, 4.69) is 5.32 Å². The molecule has 0 spiro atoms. The topological polar surface area (TPSA) is 49.3 Å². The van der Waals surface area contributed by atoms with Crippen molar-refractivity contribution in [3.8, 4) is 0 Å². The maximum atomic E-state index is 12.4. The molecule has 1 atom stereocenters. The highest BCUT2D eigenvalue weighted by molar-refractivity contribution is 5.82. The van der Waals surface area contributed by atoms with Gasteiger partial charge in [0.15, 0.2) is 6.10 Å². The number of rotatable bonds is 2. The third-order valence-corrected chi connectivity index (χ3v) is 2.30. The third kappa shape index (κ3) is 4.55. The molecule has 1 aromatic carbocycles. The summed E-state index contributed by atoms with van der Waals surface area (Å²) in [7, 11) is 0. The van der Waals surface area contributed by atoms with Gasteiger partial charge in [0.2, 0.25) is 0 Å². The highest BCUT2D eigenvalue weighted by Crippen LogP contribution is 2.30. The summed E-state index contributed by atoms with van der Waals surface area (Å²) < 4.78 is 37.1. The summed E-state index contributed by atoms with van der Waals surface area (Å²) in [4.78, 5) is 11.7. The second-order valence-corrected chi connectivity index (χ2v) is 5.26. The first-order chi connectivity index (χ1) is 8.50. The second kappa shape index (κ2) is 5.21. The van der Waals surface area contributed by atoms with E-state index in [0.29, 0.717) is 0 Å².